The molecule has 0 saturated carbocycles. The fraction of sp³-hybridized carbons (Fsp3) is 0.0909. The molecule has 0 amide bonds. The van der Waals surface area contributed by atoms with Crippen molar-refractivity contribution in [3.05, 3.63) is 99.0 Å². The van der Waals surface area contributed by atoms with Gasteiger partial charge in [-0.2, -0.15) is 0 Å². The van der Waals surface area contributed by atoms with Gasteiger partial charge in [0.1, 0.15) is 36.2 Å². The summed E-state index contributed by atoms with van der Waals surface area (Å²) < 4.78 is 37.4. The molecule has 0 spiro atoms. The van der Waals surface area contributed by atoms with Crippen molar-refractivity contribution in [3.8, 4) is 5.75 Å². The highest BCUT2D eigenvalue weighted by atomic mass is 79.9. The number of ether oxygens (including phenoxy) is 2. The summed E-state index contributed by atoms with van der Waals surface area (Å²) in [5.41, 5.74) is 1.73. The molecule has 29 heavy (non-hydrogen) atoms. The standard InChI is InChI=1S/C22H15BrF2O4/c23-20-10-19(22(27)29-13-15-3-7-18(25)8-4-15)21(9-16(20)11-26)28-12-14-1-5-17(24)6-2-14/h1-11H,12-13H2. The molecular formula is C22H15BrF2O4. The van der Waals surface area contributed by atoms with Gasteiger partial charge in [0.2, 0.25) is 0 Å². The van der Waals surface area contributed by atoms with Crippen LogP contribution < -0.4 is 4.74 Å². The summed E-state index contributed by atoms with van der Waals surface area (Å²) in [6.45, 7) is 0.0159. The molecule has 3 aromatic rings. The summed E-state index contributed by atoms with van der Waals surface area (Å²) in [5.74, 6) is -1.26. The molecule has 4 nitrogen and oxygen atoms in total. The van der Waals surface area contributed by atoms with E-state index in [1.54, 1.807) is 12.1 Å². The third kappa shape index (κ3) is 5.48. The van der Waals surface area contributed by atoms with Crippen LogP contribution in [0.3, 0.4) is 0 Å². The van der Waals surface area contributed by atoms with Gasteiger partial charge >= 0.3 is 5.97 Å². The predicted molar refractivity (Wildman–Crippen MR) is 106 cm³/mol. The van der Waals surface area contributed by atoms with Crippen molar-refractivity contribution in [1.82, 2.24) is 0 Å². The van der Waals surface area contributed by atoms with Crippen LogP contribution in [0.25, 0.3) is 0 Å². The summed E-state index contributed by atoms with van der Waals surface area (Å²) >= 11 is 3.24. The predicted octanol–water partition coefficient (Wildman–Crippen LogP) is 5.48. The maximum absolute atomic E-state index is 13.0. The van der Waals surface area contributed by atoms with E-state index < -0.39 is 5.97 Å². The first-order valence-corrected chi connectivity index (χ1v) is 9.33. The van der Waals surface area contributed by atoms with E-state index in [1.165, 1.54) is 48.5 Å². The van der Waals surface area contributed by atoms with Gasteiger partial charge in [-0.25, -0.2) is 13.6 Å². The molecule has 0 aromatic heterocycles. The van der Waals surface area contributed by atoms with E-state index in [1.807, 2.05) is 0 Å². The highest BCUT2D eigenvalue weighted by Crippen LogP contribution is 2.28. The maximum atomic E-state index is 13.0. The lowest BCUT2D eigenvalue weighted by Crippen LogP contribution is -2.09. The second-order valence-corrected chi connectivity index (χ2v) is 6.96. The first-order valence-electron chi connectivity index (χ1n) is 8.54. The number of hydrogen-bond donors (Lipinski definition) is 0. The molecular weight excluding hydrogens is 446 g/mol. The third-order valence-electron chi connectivity index (χ3n) is 4.04. The summed E-state index contributed by atoms with van der Waals surface area (Å²) in [6.07, 6.45) is 0.627. The largest absolute Gasteiger partial charge is 0.488 e. The van der Waals surface area contributed by atoms with Crippen LogP contribution in [0.2, 0.25) is 0 Å². The fourth-order valence-electron chi connectivity index (χ4n) is 2.49. The Balaban J connectivity index is 1.78. The highest BCUT2D eigenvalue weighted by Gasteiger charge is 2.18. The summed E-state index contributed by atoms with van der Waals surface area (Å²) in [5, 5.41) is 0. The Bertz CT molecular complexity index is 1020. The SMILES string of the molecule is O=Cc1cc(OCc2ccc(F)cc2)c(C(=O)OCc2ccc(F)cc2)cc1Br. The van der Waals surface area contributed by atoms with Crippen LogP contribution in [0.4, 0.5) is 8.78 Å². The average molecular weight is 461 g/mol. The lowest BCUT2D eigenvalue weighted by molar-refractivity contribution is 0.0467. The van der Waals surface area contributed by atoms with Gasteiger partial charge in [0.25, 0.3) is 0 Å². The number of aldehydes is 1. The maximum Gasteiger partial charge on any atom is 0.342 e. The minimum absolute atomic E-state index is 0.0520. The number of esters is 1. The zero-order valence-corrected chi connectivity index (χ0v) is 16.6. The number of halogens is 3. The summed E-state index contributed by atoms with van der Waals surface area (Å²) in [7, 11) is 0. The molecule has 0 bridgehead atoms. The van der Waals surface area contributed by atoms with Crippen molar-refractivity contribution in [2.24, 2.45) is 0 Å². The van der Waals surface area contributed by atoms with Gasteiger partial charge in [0, 0.05) is 10.0 Å². The number of benzene rings is 3. The van der Waals surface area contributed by atoms with E-state index in [2.05, 4.69) is 15.9 Å². The van der Waals surface area contributed by atoms with E-state index >= 15 is 0 Å². The van der Waals surface area contributed by atoms with Gasteiger partial charge in [0.15, 0.2) is 6.29 Å². The van der Waals surface area contributed by atoms with Gasteiger partial charge in [-0.05, 0) is 47.5 Å². The normalized spacial score (nSPS) is 10.4. The number of carbonyl (C=O) groups excluding carboxylic acids is 2. The zero-order valence-electron chi connectivity index (χ0n) is 15.0. The lowest BCUT2D eigenvalue weighted by Gasteiger charge is -2.13. The Hall–Kier alpha value is -3.06. The van der Waals surface area contributed by atoms with E-state index in [0.29, 0.717) is 27.4 Å². The molecule has 0 atom stereocenters. The van der Waals surface area contributed by atoms with Crippen LogP contribution in [-0.4, -0.2) is 12.3 Å². The average Bonchev–Trinajstić information content (AvgIpc) is 2.73. The van der Waals surface area contributed by atoms with Gasteiger partial charge in [0.05, 0.1) is 0 Å². The van der Waals surface area contributed by atoms with Gasteiger partial charge < -0.3 is 9.47 Å². The van der Waals surface area contributed by atoms with Crippen molar-refractivity contribution in [1.29, 1.82) is 0 Å². The van der Waals surface area contributed by atoms with E-state index in [-0.39, 0.29) is 36.2 Å². The van der Waals surface area contributed by atoms with Gasteiger partial charge in [-0.1, -0.05) is 40.2 Å². The molecule has 0 N–H and O–H groups in total. The Kier molecular flexibility index (Phi) is 6.72. The number of hydrogen-bond acceptors (Lipinski definition) is 4. The first kappa shape index (κ1) is 20.7. The van der Waals surface area contributed by atoms with E-state index in [9.17, 15) is 18.4 Å². The second kappa shape index (κ2) is 9.43. The topological polar surface area (TPSA) is 52.6 Å². The van der Waals surface area contributed by atoms with Crippen LogP contribution in [-0.2, 0) is 18.0 Å². The molecule has 3 aromatic carbocycles. The molecule has 7 heteroatoms. The minimum atomic E-state index is -0.665. The van der Waals surface area contributed by atoms with Crippen LogP contribution in [0.1, 0.15) is 31.8 Å². The third-order valence-corrected chi connectivity index (χ3v) is 4.72. The van der Waals surface area contributed by atoms with Crippen molar-refractivity contribution >= 4 is 28.2 Å². The van der Waals surface area contributed by atoms with Crippen molar-refractivity contribution in [3.63, 3.8) is 0 Å². The van der Waals surface area contributed by atoms with E-state index in [4.69, 9.17) is 9.47 Å². The Labute approximate surface area is 174 Å². The molecule has 0 radical (unpaired) electrons. The Morgan fingerprint density at radius 1 is 0.897 bits per heavy atom. The molecule has 148 valence electrons. The molecule has 3 rings (SSSR count). The fourth-order valence-corrected chi connectivity index (χ4v) is 2.92. The molecule has 0 aliphatic rings. The van der Waals surface area contributed by atoms with Crippen LogP contribution >= 0.6 is 15.9 Å². The second-order valence-electron chi connectivity index (χ2n) is 6.11. The van der Waals surface area contributed by atoms with E-state index in [0.717, 1.165) is 0 Å². The first-order chi connectivity index (χ1) is 14.0. The quantitative estimate of drug-likeness (QED) is 0.346. The Morgan fingerprint density at radius 2 is 1.45 bits per heavy atom. The molecule has 0 aliphatic heterocycles. The molecule has 0 fully saturated rings. The van der Waals surface area contributed by atoms with Crippen molar-refractivity contribution in [2.45, 2.75) is 13.2 Å². The van der Waals surface area contributed by atoms with Crippen molar-refractivity contribution < 1.29 is 27.8 Å². The summed E-state index contributed by atoms with van der Waals surface area (Å²) in [6, 6.07) is 14.2. The minimum Gasteiger partial charge on any atom is -0.488 e. The van der Waals surface area contributed by atoms with Gasteiger partial charge in [-0.3, -0.25) is 4.79 Å². The van der Waals surface area contributed by atoms with Crippen LogP contribution in [0.15, 0.2) is 65.1 Å². The molecule has 0 unspecified atom stereocenters. The van der Waals surface area contributed by atoms with Crippen molar-refractivity contribution in [2.75, 3.05) is 0 Å². The highest BCUT2D eigenvalue weighted by molar-refractivity contribution is 9.10. The smallest absolute Gasteiger partial charge is 0.342 e. The number of carbonyl (C=O) groups is 2. The lowest BCUT2D eigenvalue weighted by atomic mass is 10.1. The monoisotopic (exact) mass is 460 g/mol. The molecule has 0 saturated heterocycles. The Morgan fingerprint density at radius 3 is 2.00 bits per heavy atom. The van der Waals surface area contributed by atoms with Crippen LogP contribution in [0.5, 0.6) is 5.75 Å². The number of rotatable bonds is 7. The summed E-state index contributed by atoms with van der Waals surface area (Å²) in [4.78, 5) is 23.8. The molecule has 0 heterocycles. The van der Waals surface area contributed by atoms with Crippen LogP contribution in [0, 0.1) is 11.6 Å². The molecule has 0 aliphatic carbocycles. The van der Waals surface area contributed by atoms with Gasteiger partial charge in [-0.15, -0.1) is 0 Å². The zero-order chi connectivity index (χ0) is 20.8.